The molecule has 1 aliphatic rings. The Bertz CT molecular complexity index is 830. The van der Waals surface area contributed by atoms with Crippen molar-refractivity contribution in [2.24, 2.45) is 0 Å². The molecule has 0 N–H and O–H groups in total. The Morgan fingerprint density at radius 2 is 1.36 bits per heavy atom. The molecule has 0 unspecified atom stereocenters. The summed E-state index contributed by atoms with van der Waals surface area (Å²) in [4.78, 5) is 0. The predicted molar refractivity (Wildman–Crippen MR) is 156 cm³/mol. The Labute approximate surface area is 235 Å². The van der Waals surface area contributed by atoms with Crippen LogP contribution in [-0.2, 0) is 45.6 Å². The smallest absolute Gasteiger partial charge is 0 e. The Morgan fingerprint density at radius 3 is 1.91 bits per heavy atom. The van der Waals surface area contributed by atoms with E-state index in [0.29, 0.717) is 0 Å². The van der Waals surface area contributed by atoms with E-state index < -0.39 is 0 Å². The summed E-state index contributed by atoms with van der Waals surface area (Å²) >= 11 is 0. The van der Waals surface area contributed by atoms with E-state index in [1.54, 1.807) is 0 Å². The van der Waals surface area contributed by atoms with E-state index in [-0.39, 0.29) is 77.3 Å². The molecule has 4 rings (SSSR count). The van der Waals surface area contributed by atoms with Crippen LogP contribution in [0.1, 0.15) is 107 Å². The molecule has 0 saturated heterocycles. The molecule has 0 bridgehead atoms. The summed E-state index contributed by atoms with van der Waals surface area (Å²) in [7, 11) is 0. The summed E-state index contributed by atoms with van der Waals surface area (Å²) in [6.07, 6.45) is 8.83. The van der Waals surface area contributed by atoms with Crippen molar-refractivity contribution < 1.29 is 32.7 Å². The van der Waals surface area contributed by atoms with Crippen LogP contribution in [0.2, 0.25) is 0 Å². The molecule has 1 aliphatic carbocycles. The van der Waals surface area contributed by atoms with Gasteiger partial charge in [0.05, 0.1) is 0 Å². The first-order valence-corrected chi connectivity index (χ1v) is 9.82. The van der Waals surface area contributed by atoms with Gasteiger partial charge in [0.15, 0.2) is 0 Å². The van der Waals surface area contributed by atoms with E-state index in [1.807, 2.05) is 12.1 Å². The van der Waals surface area contributed by atoms with Gasteiger partial charge >= 0.3 is 0 Å². The average Bonchev–Trinajstić information content (AvgIpc) is 2.64. The number of allylic oxidation sites excluding steroid dienone is 1. The zero-order chi connectivity index (χ0) is 18.8. The van der Waals surface area contributed by atoms with Crippen molar-refractivity contribution in [1.29, 1.82) is 0 Å². The quantitative estimate of drug-likeness (QED) is 0.291. The first-order valence-electron chi connectivity index (χ1n) is 9.82. The number of benzene rings is 3. The second-order valence-corrected chi connectivity index (χ2v) is 6.67. The van der Waals surface area contributed by atoms with Crippen molar-refractivity contribution in [2.45, 2.75) is 97.9 Å². The van der Waals surface area contributed by atoms with Gasteiger partial charge in [0.25, 0.3) is 0 Å². The van der Waals surface area contributed by atoms with E-state index in [1.165, 1.54) is 45.9 Å². The van der Waals surface area contributed by atoms with Gasteiger partial charge in [-0.15, -0.1) is 16.3 Å². The van der Waals surface area contributed by atoms with Gasteiger partial charge in [0.1, 0.15) is 0 Å². The van der Waals surface area contributed by atoms with E-state index >= 15 is 0 Å². The van der Waals surface area contributed by atoms with Crippen molar-refractivity contribution >= 4 is 16.8 Å². The molecule has 0 atom stereocenters. The predicted octanol–water partition coefficient (Wildman–Crippen LogP) is 11.2. The van der Waals surface area contributed by atoms with Gasteiger partial charge in [-0.25, -0.2) is 0 Å². The zero-order valence-corrected chi connectivity index (χ0v) is 20.0. The Kier molecular flexibility index (Phi) is 34.8. The molecule has 1 radical (unpaired) electrons. The second-order valence-electron chi connectivity index (χ2n) is 6.67. The molecule has 0 heterocycles. The van der Waals surface area contributed by atoms with Crippen molar-refractivity contribution in [3.8, 4) is 0 Å². The minimum atomic E-state index is 0. The van der Waals surface area contributed by atoms with Crippen LogP contribution in [0, 0.1) is 12.1 Å². The summed E-state index contributed by atoms with van der Waals surface area (Å²) in [5.41, 5.74) is 5.12. The Hall–Kier alpha value is -1.24. The van der Waals surface area contributed by atoms with Gasteiger partial charge in [-0.05, 0) is 12.8 Å². The maximum absolute atomic E-state index is 3.61. The molecule has 0 saturated carbocycles. The van der Waals surface area contributed by atoms with E-state index in [9.17, 15) is 0 Å². The van der Waals surface area contributed by atoms with Crippen LogP contribution in [0.15, 0.2) is 54.6 Å². The van der Waals surface area contributed by atoms with Crippen LogP contribution >= 0.6 is 0 Å². The standard InChI is InChI=1S/C20H14.2C3H8.6CH4.Y/c1-2-6-15(7-3-1)12-16-13-18-10-4-8-17-9-5-11-19(14-16)20(17)18;2*1-3-2;;;;;;;/h1-6,8-10,13H,11-12H2;2*3H2,1-2H3;6*1H4;/q-2;;;;;;;;;. The molecule has 0 spiro atoms. The molecule has 0 aromatic heterocycles. The zero-order valence-electron chi connectivity index (χ0n) is 17.2. The first-order chi connectivity index (χ1) is 12.7. The number of hydrogen-bond donors (Lipinski definition) is 0. The normalized spacial score (nSPS) is 8.85. The Balaban J connectivity index is -0.000000128. The molecular weight excluding hydrogens is 473 g/mol. The molecule has 187 valence electrons. The summed E-state index contributed by atoms with van der Waals surface area (Å²) in [5.74, 6) is 0. The van der Waals surface area contributed by atoms with Crippen molar-refractivity contribution in [3.05, 3.63) is 89.0 Å². The third kappa shape index (κ3) is 13.9. The van der Waals surface area contributed by atoms with Crippen LogP contribution < -0.4 is 0 Å². The van der Waals surface area contributed by atoms with Crippen LogP contribution in [0.5, 0.6) is 0 Å². The van der Waals surface area contributed by atoms with Gasteiger partial charge in [-0.1, -0.05) is 121 Å². The van der Waals surface area contributed by atoms with E-state index in [2.05, 4.69) is 88.4 Å². The minimum absolute atomic E-state index is 0. The maximum atomic E-state index is 3.61. The van der Waals surface area contributed by atoms with E-state index in [4.69, 9.17) is 0 Å². The summed E-state index contributed by atoms with van der Waals surface area (Å²) in [6.45, 7) is 8.50. The summed E-state index contributed by atoms with van der Waals surface area (Å²) in [5, 5.41) is 2.70. The second kappa shape index (κ2) is 25.4. The summed E-state index contributed by atoms with van der Waals surface area (Å²) < 4.78 is 0. The molecule has 3 aromatic carbocycles. The van der Waals surface area contributed by atoms with Crippen molar-refractivity contribution in [3.63, 3.8) is 0 Å². The average molecular weight is 528 g/mol. The minimum Gasteiger partial charge on any atom is -0.180 e. The first kappa shape index (κ1) is 45.3. The third-order valence-electron chi connectivity index (χ3n) is 3.85. The third-order valence-corrected chi connectivity index (χ3v) is 3.85. The number of rotatable bonds is 2. The monoisotopic (exact) mass is 527 g/mol. The molecule has 0 amide bonds. The topological polar surface area (TPSA) is 0 Å². The van der Waals surface area contributed by atoms with Gasteiger partial charge in [-0.2, -0.15) is 53.6 Å². The van der Waals surface area contributed by atoms with Crippen LogP contribution in [0.3, 0.4) is 0 Å². The van der Waals surface area contributed by atoms with Gasteiger partial charge in [0, 0.05) is 32.7 Å². The number of hydrogen-bond acceptors (Lipinski definition) is 0. The molecule has 1 heteroatoms. The van der Waals surface area contributed by atoms with Gasteiger partial charge < -0.3 is 0 Å². The van der Waals surface area contributed by atoms with Crippen LogP contribution in [-0.4, -0.2) is 0 Å². The van der Waals surface area contributed by atoms with Gasteiger partial charge in [-0.3, -0.25) is 0 Å². The fourth-order valence-corrected chi connectivity index (χ4v) is 2.97. The molecular formula is C32H54Y-2. The SMILES string of the molecule is C.C.C.C.C.C.CCC.CCC.[Y].[c-]1ccccc1Cc1[c-]c2c3c(cccc3c1)C=CC2. The molecule has 0 nitrogen and oxygen atoms in total. The van der Waals surface area contributed by atoms with Gasteiger partial charge in [0.2, 0.25) is 0 Å². The van der Waals surface area contributed by atoms with E-state index in [0.717, 1.165) is 12.8 Å². The molecule has 3 aromatic rings. The fraction of sp³-hybridized carbons (Fsp3) is 0.438. The molecule has 0 aliphatic heterocycles. The van der Waals surface area contributed by atoms with Crippen molar-refractivity contribution in [2.75, 3.05) is 0 Å². The fourth-order valence-electron chi connectivity index (χ4n) is 2.97. The maximum Gasteiger partial charge on any atom is 0 e. The summed E-state index contributed by atoms with van der Waals surface area (Å²) in [6, 6.07) is 23.9. The van der Waals surface area contributed by atoms with Crippen LogP contribution in [0.4, 0.5) is 0 Å². The molecule has 0 fully saturated rings. The van der Waals surface area contributed by atoms with Crippen molar-refractivity contribution in [1.82, 2.24) is 0 Å². The molecule has 33 heavy (non-hydrogen) atoms. The Morgan fingerprint density at radius 1 is 0.758 bits per heavy atom. The van der Waals surface area contributed by atoms with Crippen LogP contribution in [0.25, 0.3) is 16.8 Å². The largest absolute Gasteiger partial charge is 0.180 e.